The molecule has 388 valence electrons. The number of hydrogen-bond acceptors (Lipinski definition) is 13. The Labute approximate surface area is 438 Å². The van der Waals surface area contributed by atoms with Gasteiger partial charge in [0, 0.05) is 108 Å². The van der Waals surface area contributed by atoms with E-state index in [-0.39, 0.29) is 55.0 Å². The number of nitrogens with zero attached hydrogens (tertiary/aromatic N) is 9. The quantitative estimate of drug-likeness (QED) is 0.0905. The first-order valence-corrected chi connectivity index (χ1v) is 24.4. The van der Waals surface area contributed by atoms with Crippen LogP contribution in [0, 0.1) is 0 Å². The van der Waals surface area contributed by atoms with E-state index in [0.717, 1.165) is 50.9 Å². The molecule has 23 heteroatoms. The number of amides is 3. The van der Waals surface area contributed by atoms with Crippen LogP contribution in [0.5, 0.6) is 0 Å². The van der Waals surface area contributed by atoms with Gasteiger partial charge in [-0.05, 0) is 79.0 Å². The highest BCUT2D eigenvalue weighted by Crippen LogP contribution is 2.25. The van der Waals surface area contributed by atoms with Crippen molar-refractivity contribution in [1.29, 1.82) is 0 Å². The van der Waals surface area contributed by atoms with Gasteiger partial charge in [-0.15, -0.1) is 0 Å². The summed E-state index contributed by atoms with van der Waals surface area (Å²) in [7, 11) is 3.59. The Hall–Kier alpha value is -8.08. The predicted molar refractivity (Wildman–Crippen MR) is 280 cm³/mol. The van der Waals surface area contributed by atoms with Crippen LogP contribution >= 0.6 is 23.2 Å². The molecule has 75 heavy (non-hydrogen) atoms. The van der Waals surface area contributed by atoms with Crippen molar-refractivity contribution in [3.05, 3.63) is 163 Å². The minimum atomic E-state index is -1.22. The molecule has 2 atom stereocenters. The van der Waals surface area contributed by atoms with Crippen LogP contribution in [0.25, 0.3) is 44.3 Å². The number of hydrogen-bond donors (Lipinski definition) is 6. The third-order valence-corrected chi connectivity index (χ3v) is 13.1. The first kappa shape index (κ1) is 53.2. The Morgan fingerprint density at radius 3 is 1.47 bits per heavy atom. The molecule has 0 radical (unpaired) electrons. The van der Waals surface area contributed by atoms with E-state index in [0.29, 0.717) is 52.1 Å². The SMILES string of the molecule is Cn1cc(-c2cnc3c(c2)cc(C(=O)NCc2ccc(Cl)cc2)c(=O)n3CC(=O)N2CCC2CO)cn1.Cn1cc(-c2cnc3c(c2)cc(C(=O)NCc2ccc(Cl)cc2)c(=O)n3CC(=O)O)cn1.OCC1CCN1. The van der Waals surface area contributed by atoms with Crippen molar-refractivity contribution in [3.8, 4) is 22.3 Å². The molecule has 10 rings (SSSR count). The summed E-state index contributed by atoms with van der Waals surface area (Å²) in [6, 6.07) is 20.6. The minimum Gasteiger partial charge on any atom is -0.480 e. The lowest BCUT2D eigenvalue weighted by atomic mass is 10.0. The van der Waals surface area contributed by atoms with Crippen molar-refractivity contribution in [2.45, 2.75) is 51.1 Å². The lowest BCUT2D eigenvalue weighted by molar-refractivity contribution is -0.141. The van der Waals surface area contributed by atoms with Crippen molar-refractivity contribution < 1.29 is 34.5 Å². The molecule has 6 N–H and O–H groups in total. The van der Waals surface area contributed by atoms with Gasteiger partial charge < -0.3 is 36.2 Å². The van der Waals surface area contributed by atoms with Crippen LogP contribution in [0.1, 0.15) is 44.7 Å². The molecular formula is C52H52Cl2N12O9. The largest absolute Gasteiger partial charge is 0.480 e. The van der Waals surface area contributed by atoms with Gasteiger partial charge in [-0.1, -0.05) is 47.5 Å². The molecule has 3 amide bonds. The van der Waals surface area contributed by atoms with E-state index in [4.69, 9.17) is 28.3 Å². The molecule has 2 aromatic carbocycles. The standard InChI is InChI=1S/C26H25ClN6O4.C22H18ClN5O4.C4H9NO/c1-31-13-19(12-30-31)18-8-17-9-22(25(36)29-10-16-2-4-20(27)5-3-16)26(37)33(24(17)28-11-18)14-23(35)32-7-6-21(32)15-34;1-27-11-16(10-26-27)15-6-14-7-18(21(31)25-8-13-2-4-17(23)5-3-13)22(32)28(12-19(29)30)20(14)24-9-15;6-3-4-1-2-5-4/h2-5,8-9,11-13,21,34H,6-7,10,14-15H2,1H3,(H,29,36);2-7,9-11H,8,12H2,1H3,(H,25,31)(H,29,30);4-6H,1-3H2. The average Bonchev–Trinajstić information content (AvgIpc) is 4.02. The molecule has 8 heterocycles. The number of fused-ring (bicyclic) bond motifs is 2. The van der Waals surface area contributed by atoms with Crippen LogP contribution < -0.4 is 27.1 Å². The lowest BCUT2D eigenvalue weighted by Gasteiger charge is -2.40. The molecule has 2 aliphatic rings. The second kappa shape index (κ2) is 23.9. The number of aliphatic hydroxyl groups excluding tert-OH is 2. The number of nitrogens with one attached hydrogen (secondary N) is 3. The summed E-state index contributed by atoms with van der Waals surface area (Å²) in [6.07, 6.45) is 12.0. The van der Waals surface area contributed by atoms with Crippen LogP contribution in [0.4, 0.5) is 0 Å². The predicted octanol–water partition coefficient (Wildman–Crippen LogP) is 3.78. The van der Waals surface area contributed by atoms with E-state index in [1.165, 1.54) is 27.8 Å². The number of rotatable bonds is 14. The molecule has 2 unspecified atom stereocenters. The topological polar surface area (TPSA) is 274 Å². The van der Waals surface area contributed by atoms with Gasteiger partial charge in [-0.2, -0.15) is 10.2 Å². The highest BCUT2D eigenvalue weighted by atomic mass is 35.5. The third kappa shape index (κ3) is 12.8. The van der Waals surface area contributed by atoms with Crippen LogP contribution in [-0.4, -0.2) is 121 Å². The zero-order chi connectivity index (χ0) is 53.3. The molecule has 0 aliphatic carbocycles. The molecule has 0 bridgehead atoms. The van der Waals surface area contributed by atoms with Gasteiger partial charge in [-0.3, -0.25) is 47.3 Å². The number of carbonyl (C=O) groups is 4. The number of halogens is 2. The summed E-state index contributed by atoms with van der Waals surface area (Å²) in [5.41, 5.74) is 3.59. The number of aryl methyl sites for hydroxylation is 2. The molecule has 8 aromatic rings. The van der Waals surface area contributed by atoms with Gasteiger partial charge in [0.05, 0.1) is 31.6 Å². The maximum Gasteiger partial charge on any atom is 0.323 e. The first-order valence-electron chi connectivity index (χ1n) is 23.7. The van der Waals surface area contributed by atoms with Crippen molar-refractivity contribution in [2.24, 2.45) is 14.1 Å². The van der Waals surface area contributed by atoms with Crippen molar-refractivity contribution in [2.75, 3.05) is 26.3 Å². The first-order chi connectivity index (χ1) is 36.1. The van der Waals surface area contributed by atoms with Crippen molar-refractivity contribution in [3.63, 3.8) is 0 Å². The second-order valence-corrected chi connectivity index (χ2v) is 18.7. The number of likely N-dealkylation sites (tertiary alicyclic amines) is 1. The van der Waals surface area contributed by atoms with Crippen molar-refractivity contribution >= 4 is 69.0 Å². The smallest absolute Gasteiger partial charge is 0.323 e. The number of aliphatic hydroxyl groups is 2. The summed E-state index contributed by atoms with van der Waals surface area (Å²) in [6.45, 7) is 1.24. The van der Waals surface area contributed by atoms with Crippen LogP contribution in [0.15, 0.2) is 120 Å². The van der Waals surface area contributed by atoms with Gasteiger partial charge in [0.25, 0.3) is 22.9 Å². The summed E-state index contributed by atoms with van der Waals surface area (Å²) in [4.78, 5) is 87.0. The maximum absolute atomic E-state index is 13.5. The van der Waals surface area contributed by atoms with E-state index in [1.807, 2.05) is 12.3 Å². The van der Waals surface area contributed by atoms with E-state index in [1.54, 1.807) is 103 Å². The van der Waals surface area contributed by atoms with E-state index < -0.39 is 35.4 Å². The Kier molecular flexibility index (Phi) is 16.9. The zero-order valence-electron chi connectivity index (χ0n) is 40.7. The van der Waals surface area contributed by atoms with Crippen LogP contribution in [0.2, 0.25) is 10.0 Å². The van der Waals surface area contributed by atoms with Crippen LogP contribution in [-0.2, 0) is 49.9 Å². The maximum atomic E-state index is 13.5. The third-order valence-electron chi connectivity index (χ3n) is 12.6. The molecule has 21 nitrogen and oxygen atoms in total. The van der Waals surface area contributed by atoms with Gasteiger partial charge >= 0.3 is 5.97 Å². The Bertz CT molecular complexity index is 3510. The number of benzene rings is 2. The number of pyridine rings is 4. The lowest BCUT2D eigenvalue weighted by Crippen LogP contribution is -2.54. The van der Waals surface area contributed by atoms with E-state index in [2.05, 4.69) is 36.1 Å². The molecule has 6 aromatic heterocycles. The highest BCUT2D eigenvalue weighted by molar-refractivity contribution is 6.30. The number of carbonyl (C=O) groups excluding carboxylic acids is 3. The number of aromatic nitrogens is 8. The molecule has 0 spiro atoms. The van der Waals surface area contributed by atoms with Gasteiger partial charge in [0.2, 0.25) is 5.91 Å². The summed E-state index contributed by atoms with van der Waals surface area (Å²) < 4.78 is 5.52. The fourth-order valence-corrected chi connectivity index (χ4v) is 8.44. The monoisotopic (exact) mass is 1060 g/mol. The van der Waals surface area contributed by atoms with E-state index in [9.17, 15) is 39.0 Å². The molecule has 2 fully saturated rings. The molecule has 2 aliphatic heterocycles. The summed E-state index contributed by atoms with van der Waals surface area (Å²) in [5.74, 6) is -2.71. The normalized spacial score (nSPS) is 14.7. The van der Waals surface area contributed by atoms with E-state index >= 15 is 0 Å². The summed E-state index contributed by atoms with van der Waals surface area (Å²) >= 11 is 11.8. The number of carboxylic acid groups (broad SMARTS) is 1. The average molecular weight is 1060 g/mol. The summed E-state index contributed by atoms with van der Waals surface area (Å²) in [5, 5.41) is 46.1. The molecule has 0 saturated carbocycles. The molecule has 2 saturated heterocycles. The Balaban J connectivity index is 0.000000180. The second-order valence-electron chi connectivity index (χ2n) is 17.8. The Morgan fingerprint density at radius 1 is 0.653 bits per heavy atom. The minimum absolute atomic E-state index is 0.0956. The van der Waals surface area contributed by atoms with Crippen molar-refractivity contribution in [1.82, 2.24) is 59.5 Å². The fourth-order valence-electron chi connectivity index (χ4n) is 8.19. The fraction of sp³-hybridized carbons (Fsp3) is 0.269. The Morgan fingerprint density at radius 2 is 1.12 bits per heavy atom. The number of carboxylic acids is 1. The highest BCUT2D eigenvalue weighted by Gasteiger charge is 2.32. The van der Waals surface area contributed by atoms with Crippen LogP contribution in [0.3, 0.4) is 0 Å². The van der Waals surface area contributed by atoms with Gasteiger partial charge in [-0.25, -0.2) is 9.97 Å². The van der Waals surface area contributed by atoms with Gasteiger partial charge in [0.15, 0.2) is 0 Å². The molecular weight excluding hydrogens is 1010 g/mol. The number of aliphatic carboxylic acids is 1. The zero-order valence-corrected chi connectivity index (χ0v) is 42.2. The van der Waals surface area contributed by atoms with Gasteiger partial charge in [0.1, 0.15) is 35.5 Å².